The van der Waals surface area contributed by atoms with Gasteiger partial charge in [-0.05, 0) is 6.92 Å². The predicted octanol–water partition coefficient (Wildman–Crippen LogP) is -0.808. The lowest BCUT2D eigenvalue weighted by Gasteiger charge is -2.27. The Morgan fingerprint density at radius 2 is 2.00 bits per heavy atom. The average Bonchev–Trinajstić information content (AvgIpc) is 3.10. The number of hydrogen-bond acceptors (Lipinski definition) is 11. The minimum absolute atomic E-state index is 0.0680. The van der Waals surface area contributed by atoms with Crippen LogP contribution in [0.1, 0.15) is 29.9 Å². The zero-order valence-electron chi connectivity index (χ0n) is 16.6. The number of ketones is 1. The molecule has 0 bridgehead atoms. The van der Waals surface area contributed by atoms with Crippen LogP contribution in [0.5, 0.6) is 0 Å². The van der Waals surface area contributed by atoms with E-state index in [0.29, 0.717) is 0 Å². The summed E-state index contributed by atoms with van der Waals surface area (Å²) in [6.45, 7) is 0.291. The number of ether oxygens (including phenoxy) is 1. The van der Waals surface area contributed by atoms with Gasteiger partial charge in [0, 0.05) is 11.8 Å². The van der Waals surface area contributed by atoms with Gasteiger partial charge < -0.3 is 39.5 Å². The molecule has 18 heteroatoms. The standard InChI is InChI=1S/C15H18N4O12P2/c1-15(23)11(22)8(4-29-33(27,28)31-32(24,25)26)30-14(15)19-3-6-7(20)2-9(21)18-12-10(6)13(19)17-5-16-12/h3,5,8,11,14,22-23H,2,4H2,1H3,(H,27,28)(H2,24,25,26)(H,16,17,18,21)/t8-,11-,14-,15-/m1/s1. The second-order valence-electron chi connectivity index (χ2n) is 7.55. The summed E-state index contributed by atoms with van der Waals surface area (Å²) in [7, 11) is -10.6. The third-order valence-electron chi connectivity index (χ3n) is 5.11. The average molecular weight is 508 g/mol. The van der Waals surface area contributed by atoms with E-state index in [1.165, 1.54) is 17.7 Å². The number of aliphatic hydroxyl groups is 2. The molecule has 2 aliphatic heterocycles. The van der Waals surface area contributed by atoms with Crippen molar-refractivity contribution in [1.82, 2.24) is 14.5 Å². The largest absolute Gasteiger partial charge is 0.481 e. The number of amides is 1. The highest BCUT2D eigenvalue weighted by molar-refractivity contribution is 7.60. The Labute approximate surface area is 184 Å². The van der Waals surface area contributed by atoms with Crippen molar-refractivity contribution in [3.05, 3.63) is 18.1 Å². The summed E-state index contributed by atoms with van der Waals surface area (Å²) in [5.74, 6) is -1.04. The highest BCUT2D eigenvalue weighted by Gasteiger charge is 2.54. The zero-order valence-corrected chi connectivity index (χ0v) is 18.4. The van der Waals surface area contributed by atoms with Crippen molar-refractivity contribution in [2.24, 2.45) is 0 Å². The number of anilines is 1. The molecule has 33 heavy (non-hydrogen) atoms. The SMILES string of the molecule is C[C@@]1(O)[C@H](O)[C@@H](COP(=O)(O)OP(=O)(O)O)O[C@H]1n1cc2c3c(ncnc31)NC(=O)CC2=O. The number of carbonyl (C=O) groups is 2. The van der Waals surface area contributed by atoms with Crippen LogP contribution in [-0.4, -0.2) is 75.5 Å². The number of nitrogens with one attached hydrogen (secondary N) is 1. The van der Waals surface area contributed by atoms with Crippen molar-refractivity contribution in [1.29, 1.82) is 0 Å². The molecule has 0 aliphatic carbocycles. The first kappa shape index (κ1) is 24.0. The van der Waals surface area contributed by atoms with Gasteiger partial charge in [-0.1, -0.05) is 0 Å². The summed E-state index contributed by atoms with van der Waals surface area (Å²) in [6, 6.07) is 0. The molecule has 4 heterocycles. The van der Waals surface area contributed by atoms with E-state index in [9.17, 15) is 33.8 Å². The Morgan fingerprint density at radius 3 is 2.67 bits per heavy atom. The van der Waals surface area contributed by atoms with Crippen molar-refractivity contribution in [2.75, 3.05) is 11.9 Å². The number of Topliss-reactive ketones (excluding diaryl/α,β-unsaturated/α-hetero) is 1. The van der Waals surface area contributed by atoms with Crippen molar-refractivity contribution in [2.45, 2.75) is 37.4 Å². The van der Waals surface area contributed by atoms with Gasteiger partial charge in [-0.3, -0.25) is 14.1 Å². The number of aromatic nitrogens is 3. The first-order valence-electron chi connectivity index (χ1n) is 9.18. The first-order chi connectivity index (χ1) is 15.2. The molecule has 0 spiro atoms. The van der Waals surface area contributed by atoms with Crippen LogP contribution in [0.15, 0.2) is 12.5 Å². The van der Waals surface area contributed by atoms with Crippen molar-refractivity contribution < 1.29 is 57.2 Å². The molecule has 5 atom stereocenters. The lowest BCUT2D eigenvalue weighted by Crippen LogP contribution is -2.44. The van der Waals surface area contributed by atoms with Crippen LogP contribution >= 0.6 is 15.6 Å². The van der Waals surface area contributed by atoms with Crippen LogP contribution < -0.4 is 5.32 Å². The number of carbonyl (C=O) groups excluding carboxylic acids is 2. The molecular formula is C15H18N4O12P2. The number of phosphoric acid groups is 2. The minimum Gasteiger partial charge on any atom is -0.387 e. The lowest BCUT2D eigenvalue weighted by molar-refractivity contribution is -0.115. The number of hydrogen-bond donors (Lipinski definition) is 6. The quantitative estimate of drug-likeness (QED) is 0.207. The van der Waals surface area contributed by atoms with Gasteiger partial charge in [0.15, 0.2) is 12.0 Å². The molecule has 1 amide bonds. The number of phosphoric ester groups is 1. The van der Waals surface area contributed by atoms with Gasteiger partial charge in [-0.15, -0.1) is 0 Å². The van der Waals surface area contributed by atoms with E-state index in [-0.39, 0.29) is 22.4 Å². The van der Waals surface area contributed by atoms with Crippen molar-refractivity contribution in [3.8, 4) is 0 Å². The summed E-state index contributed by atoms with van der Waals surface area (Å²) < 4.78 is 37.5. The molecule has 1 saturated heterocycles. The molecule has 0 radical (unpaired) electrons. The van der Waals surface area contributed by atoms with Crippen LogP contribution in [0.25, 0.3) is 11.0 Å². The van der Waals surface area contributed by atoms with Crippen LogP contribution in [-0.2, 0) is 27.5 Å². The van der Waals surface area contributed by atoms with E-state index < -0.39 is 64.4 Å². The maximum atomic E-state index is 12.5. The van der Waals surface area contributed by atoms with Gasteiger partial charge in [-0.25, -0.2) is 19.1 Å². The lowest BCUT2D eigenvalue weighted by atomic mass is 9.96. The van der Waals surface area contributed by atoms with Crippen LogP contribution in [0.3, 0.4) is 0 Å². The highest BCUT2D eigenvalue weighted by atomic mass is 31.3. The van der Waals surface area contributed by atoms with Gasteiger partial charge in [0.1, 0.15) is 35.6 Å². The monoisotopic (exact) mass is 508 g/mol. The Morgan fingerprint density at radius 1 is 1.30 bits per heavy atom. The van der Waals surface area contributed by atoms with E-state index in [4.69, 9.17) is 14.5 Å². The van der Waals surface area contributed by atoms with Gasteiger partial charge in [0.25, 0.3) is 0 Å². The number of rotatable bonds is 6. The topological polar surface area (TPSA) is 240 Å². The van der Waals surface area contributed by atoms with E-state index in [1.54, 1.807) is 0 Å². The molecule has 6 N–H and O–H groups in total. The molecule has 0 aromatic carbocycles. The molecule has 2 aromatic heterocycles. The minimum atomic E-state index is -5.36. The maximum Gasteiger partial charge on any atom is 0.481 e. The van der Waals surface area contributed by atoms with Gasteiger partial charge in [0.2, 0.25) is 5.91 Å². The number of nitrogens with zero attached hydrogens (tertiary/aromatic N) is 3. The van der Waals surface area contributed by atoms with Gasteiger partial charge >= 0.3 is 15.6 Å². The van der Waals surface area contributed by atoms with Gasteiger partial charge in [-0.2, -0.15) is 4.31 Å². The fourth-order valence-electron chi connectivity index (χ4n) is 3.69. The Bertz CT molecular complexity index is 1240. The van der Waals surface area contributed by atoms with Crippen molar-refractivity contribution >= 4 is 44.2 Å². The van der Waals surface area contributed by atoms with Crippen LogP contribution in [0.4, 0.5) is 5.82 Å². The molecule has 4 rings (SSSR count). The molecule has 0 saturated carbocycles. The van der Waals surface area contributed by atoms with Gasteiger partial charge in [0.05, 0.1) is 18.4 Å². The van der Waals surface area contributed by atoms with E-state index in [2.05, 4.69) is 24.1 Å². The van der Waals surface area contributed by atoms with E-state index >= 15 is 0 Å². The Hall–Kier alpha value is -2.10. The van der Waals surface area contributed by atoms with E-state index in [1.807, 2.05) is 0 Å². The third kappa shape index (κ3) is 4.50. The summed E-state index contributed by atoms with van der Waals surface area (Å²) >= 11 is 0. The van der Waals surface area contributed by atoms with Crippen LogP contribution in [0, 0.1) is 0 Å². The first-order valence-corrected chi connectivity index (χ1v) is 12.2. The summed E-state index contributed by atoms with van der Waals surface area (Å²) in [5, 5.41) is 24.1. The highest BCUT2D eigenvalue weighted by Crippen LogP contribution is 2.58. The molecule has 2 aliphatic rings. The molecule has 16 nitrogen and oxygen atoms in total. The maximum absolute atomic E-state index is 12.5. The number of aliphatic hydroxyl groups excluding tert-OH is 1. The van der Waals surface area contributed by atoms with E-state index in [0.717, 1.165) is 6.33 Å². The molecule has 1 fully saturated rings. The smallest absolute Gasteiger partial charge is 0.387 e. The predicted molar refractivity (Wildman–Crippen MR) is 105 cm³/mol. The van der Waals surface area contributed by atoms with Crippen LogP contribution in [0.2, 0.25) is 0 Å². The third-order valence-corrected chi connectivity index (χ3v) is 7.26. The fourth-order valence-corrected chi connectivity index (χ4v) is 5.29. The Balaban J connectivity index is 1.66. The zero-order chi connectivity index (χ0) is 24.3. The summed E-state index contributed by atoms with van der Waals surface area (Å²) in [5.41, 5.74) is -1.90. The van der Waals surface area contributed by atoms with Crippen molar-refractivity contribution in [3.63, 3.8) is 0 Å². The fraction of sp³-hybridized carbons (Fsp3) is 0.467. The summed E-state index contributed by atoms with van der Waals surface area (Å²) in [6.07, 6.45) is -2.66. The molecular weight excluding hydrogens is 490 g/mol. The summed E-state index contributed by atoms with van der Waals surface area (Å²) in [4.78, 5) is 59.2. The second kappa shape index (κ2) is 7.99. The second-order valence-corrected chi connectivity index (χ2v) is 10.4. The Kier molecular flexibility index (Phi) is 5.82. The molecule has 180 valence electrons. The molecule has 1 unspecified atom stereocenters. The normalized spacial score (nSPS) is 29.7. The molecule has 2 aromatic rings.